The summed E-state index contributed by atoms with van der Waals surface area (Å²) >= 11 is 0. The van der Waals surface area contributed by atoms with E-state index < -0.39 is 0 Å². The molecule has 0 amide bonds. The zero-order valence-electron chi connectivity index (χ0n) is 7.88. The molecule has 1 aromatic carbocycles. The predicted octanol–water partition coefficient (Wildman–Crippen LogP) is 0.553. The second-order valence-electron chi connectivity index (χ2n) is 3.42. The third-order valence-corrected chi connectivity index (χ3v) is 2.54. The molecule has 3 rings (SSSR count). The van der Waals surface area contributed by atoms with Crippen LogP contribution in [0.25, 0.3) is 0 Å². The Kier molecular flexibility index (Phi) is 1.65. The van der Waals surface area contributed by atoms with Gasteiger partial charge in [-0.1, -0.05) is 30.3 Å². The molecule has 1 atom stereocenters. The minimum Gasteiger partial charge on any atom is -0.461 e. The Morgan fingerprint density at radius 2 is 2.20 bits per heavy atom. The molecule has 0 aliphatic carbocycles. The van der Waals surface area contributed by atoms with Gasteiger partial charge in [0.1, 0.15) is 12.6 Å². The van der Waals surface area contributed by atoms with Crippen LogP contribution in [0.2, 0.25) is 0 Å². The van der Waals surface area contributed by atoms with Gasteiger partial charge in [-0.3, -0.25) is 0 Å². The van der Waals surface area contributed by atoms with Crippen molar-refractivity contribution < 1.29 is 4.74 Å². The number of ether oxygens (including phenoxy) is 1. The molecule has 1 aromatic heterocycles. The molecule has 1 N–H and O–H groups in total. The number of hydrogen-bond donors (Lipinski definition) is 1. The predicted molar refractivity (Wildman–Crippen MR) is 52.9 cm³/mol. The van der Waals surface area contributed by atoms with Gasteiger partial charge in [-0.05, 0) is 5.56 Å². The highest BCUT2D eigenvalue weighted by molar-refractivity contribution is 5.23. The van der Waals surface area contributed by atoms with Gasteiger partial charge in [0.25, 0.3) is 0 Å². The van der Waals surface area contributed by atoms with Crippen LogP contribution in [0.4, 0.5) is 0 Å². The Balaban J connectivity index is 2.11. The normalized spacial score (nSPS) is 18.5. The molecule has 5 heteroatoms. The van der Waals surface area contributed by atoms with Gasteiger partial charge >= 0.3 is 11.7 Å². The van der Waals surface area contributed by atoms with Crippen molar-refractivity contribution in [2.75, 3.05) is 6.61 Å². The lowest BCUT2D eigenvalue weighted by Gasteiger charge is -2.08. The lowest BCUT2D eigenvalue weighted by atomic mass is 10.1. The Morgan fingerprint density at radius 1 is 1.40 bits per heavy atom. The Bertz CT molecular complexity index is 529. The maximum atomic E-state index is 11.5. The lowest BCUT2D eigenvalue weighted by Crippen LogP contribution is -2.21. The molecule has 5 nitrogen and oxygen atoms in total. The highest BCUT2D eigenvalue weighted by atomic mass is 16.5. The summed E-state index contributed by atoms with van der Waals surface area (Å²) in [5, 5.41) is 6.15. The highest BCUT2D eigenvalue weighted by Crippen LogP contribution is 2.26. The summed E-state index contributed by atoms with van der Waals surface area (Å²) in [6.45, 7) is 0.469. The first kappa shape index (κ1) is 8.28. The molecule has 0 saturated heterocycles. The smallest absolute Gasteiger partial charge is 0.346 e. The maximum Gasteiger partial charge on any atom is 0.346 e. The molecule has 0 saturated carbocycles. The van der Waals surface area contributed by atoms with E-state index in [2.05, 4.69) is 10.2 Å². The molecule has 15 heavy (non-hydrogen) atoms. The average molecular weight is 203 g/mol. The van der Waals surface area contributed by atoms with Gasteiger partial charge in [-0.2, -0.15) is 0 Å². The SMILES string of the molecule is O=c1[nH]nc2n1C(c1ccccc1)CO2. The van der Waals surface area contributed by atoms with Crippen molar-refractivity contribution in [3.8, 4) is 6.01 Å². The van der Waals surface area contributed by atoms with Crippen molar-refractivity contribution in [1.82, 2.24) is 14.8 Å². The number of rotatable bonds is 1. The number of H-pyrrole nitrogens is 1. The molecule has 0 spiro atoms. The van der Waals surface area contributed by atoms with Gasteiger partial charge in [0.05, 0.1) is 0 Å². The first-order valence-electron chi connectivity index (χ1n) is 4.71. The molecule has 2 heterocycles. The van der Waals surface area contributed by atoms with Crippen LogP contribution < -0.4 is 10.4 Å². The summed E-state index contributed by atoms with van der Waals surface area (Å²) < 4.78 is 6.84. The number of hydrogen-bond acceptors (Lipinski definition) is 3. The third-order valence-electron chi connectivity index (χ3n) is 2.54. The molecule has 76 valence electrons. The fourth-order valence-electron chi connectivity index (χ4n) is 1.82. The van der Waals surface area contributed by atoms with Crippen LogP contribution in [0.5, 0.6) is 6.01 Å². The van der Waals surface area contributed by atoms with E-state index in [1.807, 2.05) is 30.3 Å². The maximum absolute atomic E-state index is 11.5. The number of benzene rings is 1. The molecular formula is C10H9N3O2. The number of aromatic amines is 1. The molecular weight excluding hydrogens is 194 g/mol. The fourth-order valence-corrected chi connectivity index (χ4v) is 1.82. The minimum absolute atomic E-state index is 0.0625. The first-order chi connectivity index (χ1) is 7.36. The van der Waals surface area contributed by atoms with Crippen LogP contribution in [-0.2, 0) is 0 Å². The average Bonchev–Trinajstić information content (AvgIpc) is 2.84. The number of aromatic nitrogens is 3. The van der Waals surface area contributed by atoms with Crippen molar-refractivity contribution in [1.29, 1.82) is 0 Å². The highest BCUT2D eigenvalue weighted by Gasteiger charge is 2.28. The monoisotopic (exact) mass is 203 g/mol. The van der Waals surface area contributed by atoms with Gasteiger partial charge in [-0.25, -0.2) is 14.5 Å². The van der Waals surface area contributed by atoms with Crippen molar-refractivity contribution in [2.24, 2.45) is 0 Å². The van der Waals surface area contributed by atoms with Gasteiger partial charge in [0, 0.05) is 0 Å². The minimum atomic E-state index is -0.226. The van der Waals surface area contributed by atoms with E-state index in [0.29, 0.717) is 12.6 Å². The molecule has 0 bridgehead atoms. The quantitative estimate of drug-likeness (QED) is 0.736. The number of fused-ring (bicyclic) bond motifs is 1. The van der Waals surface area contributed by atoms with Gasteiger partial charge in [0.2, 0.25) is 0 Å². The van der Waals surface area contributed by atoms with Crippen LogP contribution in [0.3, 0.4) is 0 Å². The topological polar surface area (TPSA) is 59.9 Å². The van der Waals surface area contributed by atoms with Gasteiger partial charge in [-0.15, -0.1) is 5.10 Å². The molecule has 1 aliphatic rings. The molecule has 0 radical (unpaired) electrons. The van der Waals surface area contributed by atoms with E-state index in [4.69, 9.17) is 4.74 Å². The standard InChI is InChI=1S/C10H9N3O2/c14-9-11-12-10-13(9)8(6-15-10)7-4-2-1-3-5-7/h1-5,8H,6H2,(H,11,14). The van der Waals surface area contributed by atoms with E-state index in [0.717, 1.165) is 5.56 Å². The zero-order valence-corrected chi connectivity index (χ0v) is 7.88. The van der Waals surface area contributed by atoms with E-state index in [-0.39, 0.29) is 11.7 Å². The van der Waals surface area contributed by atoms with Crippen LogP contribution in [0.15, 0.2) is 35.1 Å². The summed E-state index contributed by atoms with van der Waals surface area (Å²) in [6, 6.07) is 10.1. The van der Waals surface area contributed by atoms with Crippen molar-refractivity contribution >= 4 is 0 Å². The molecule has 2 aromatic rings. The van der Waals surface area contributed by atoms with Crippen LogP contribution >= 0.6 is 0 Å². The molecule has 1 unspecified atom stereocenters. The number of nitrogens with zero attached hydrogens (tertiary/aromatic N) is 2. The zero-order chi connectivity index (χ0) is 10.3. The van der Waals surface area contributed by atoms with Gasteiger partial charge in [0.15, 0.2) is 0 Å². The number of nitrogens with one attached hydrogen (secondary N) is 1. The Morgan fingerprint density at radius 3 is 3.00 bits per heavy atom. The Hall–Kier alpha value is -2.04. The van der Waals surface area contributed by atoms with Crippen molar-refractivity contribution in [3.63, 3.8) is 0 Å². The van der Waals surface area contributed by atoms with Crippen molar-refractivity contribution in [3.05, 3.63) is 46.4 Å². The summed E-state index contributed by atoms with van der Waals surface area (Å²) in [6.07, 6.45) is 0. The fraction of sp³-hybridized carbons (Fsp3) is 0.200. The van der Waals surface area contributed by atoms with Crippen LogP contribution in [-0.4, -0.2) is 21.4 Å². The summed E-state index contributed by atoms with van der Waals surface area (Å²) in [5.41, 5.74) is 0.830. The first-order valence-corrected chi connectivity index (χ1v) is 4.71. The summed E-state index contributed by atoms with van der Waals surface area (Å²) in [5.74, 6) is 0. The largest absolute Gasteiger partial charge is 0.461 e. The van der Waals surface area contributed by atoms with Crippen LogP contribution in [0.1, 0.15) is 11.6 Å². The van der Waals surface area contributed by atoms with E-state index in [1.54, 1.807) is 0 Å². The molecule has 1 aliphatic heterocycles. The van der Waals surface area contributed by atoms with E-state index in [1.165, 1.54) is 4.57 Å². The van der Waals surface area contributed by atoms with Crippen LogP contribution in [0, 0.1) is 0 Å². The Labute approximate surface area is 85.3 Å². The third kappa shape index (κ3) is 1.16. The van der Waals surface area contributed by atoms with Gasteiger partial charge < -0.3 is 4.74 Å². The van der Waals surface area contributed by atoms with E-state index >= 15 is 0 Å². The lowest BCUT2D eigenvalue weighted by molar-refractivity contribution is 0.327. The summed E-state index contributed by atoms with van der Waals surface area (Å²) in [4.78, 5) is 11.5. The molecule has 0 fully saturated rings. The van der Waals surface area contributed by atoms with E-state index in [9.17, 15) is 4.79 Å². The second kappa shape index (κ2) is 2.98. The van der Waals surface area contributed by atoms with Crippen molar-refractivity contribution in [2.45, 2.75) is 6.04 Å². The second-order valence-corrected chi connectivity index (χ2v) is 3.42. The summed E-state index contributed by atoms with van der Waals surface area (Å²) in [7, 11) is 0.